The van der Waals surface area contributed by atoms with Gasteiger partial charge in [0, 0.05) is 5.56 Å². The Labute approximate surface area is 113 Å². The summed E-state index contributed by atoms with van der Waals surface area (Å²) in [7, 11) is 0. The quantitative estimate of drug-likeness (QED) is 0.720. The number of benzene rings is 1. The van der Waals surface area contributed by atoms with Crippen LogP contribution in [-0.4, -0.2) is 6.61 Å². The van der Waals surface area contributed by atoms with Crippen molar-refractivity contribution in [2.24, 2.45) is 0 Å². The van der Waals surface area contributed by atoms with Crippen molar-refractivity contribution in [2.45, 2.75) is 51.4 Å². The van der Waals surface area contributed by atoms with Crippen molar-refractivity contribution >= 4 is 11.6 Å². The second-order valence-electron chi connectivity index (χ2n) is 4.99. The van der Waals surface area contributed by atoms with Gasteiger partial charge in [-0.2, -0.15) is 0 Å². The van der Waals surface area contributed by atoms with Crippen molar-refractivity contribution in [3.63, 3.8) is 0 Å². The summed E-state index contributed by atoms with van der Waals surface area (Å²) in [5.74, 6) is 0.843. The van der Waals surface area contributed by atoms with Crippen molar-refractivity contribution in [1.29, 1.82) is 0 Å². The molecule has 0 aromatic heterocycles. The summed E-state index contributed by atoms with van der Waals surface area (Å²) in [6.45, 7) is 2.68. The second kappa shape index (κ2) is 6.42. The van der Waals surface area contributed by atoms with Crippen LogP contribution in [0.25, 0.3) is 0 Å². The molecule has 3 heteroatoms. The van der Waals surface area contributed by atoms with Gasteiger partial charge >= 0.3 is 0 Å². The zero-order valence-electron chi connectivity index (χ0n) is 10.8. The molecule has 100 valence electrons. The Kier molecular flexibility index (Phi) is 4.87. The minimum absolute atomic E-state index is 0.260. The summed E-state index contributed by atoms with van der Waals surface area (Å²) >= 11 is 6.12. The maximum atomic E-state index is 13.5. The van der Waals surface area contributed by atoms with E-state index in [-0.39, 0.29) is 5.82 Å². The third-order valence-electron chi connectivity index (χ3n) is 3.53. The molecule has 1 saturated carbocycles. The maximum absolute atomic E-state index is 13.5. The Bertz CT molecular complexity index is 400. The molecule has 1 aromatic rings. The van der Waals surface area contributed by atoms with Gasteiger partial charge in [0.1, 0.15) is 11.6 Å². The van der Waals surface area contributed by atoms with Crippen LogP contribution < -0.4 is 4.74 Å². The largest absolute Gasteiger partial charge is 0.492 e. The molecule has 0 amide bonds. The van der Waals surface area contributed by atoms with E-state index >= 15 is 0 Å². The van der Waals surface area contributed by atoms with Crippen LogP contribution in [0.3, 0.4) is 0 Å². The Balaban J connectivity index is 2.29. The summed E-state index contributed by atoms with van der Waals surface area (Å²) in [6, 6.07) is 2.95. The van der Waals surface area contributed by atoms with Crippen LogP contribution >= 0.6 is 11.6 Å². The summed E-state index contributed by atoms with van der Waals surface area (Å²) in [5, 5.41) is 0.407. The zero-order valence-corrected chi connectivity index (χ0v) is 11.6. The lowest BCUT2D eigenvalue weighted by molar-refractivity contribution is 0.307. The van der Waals surface area contributed by atoms with E-state index < -0.39 is 0 Å². The topological polar surface area (TPSA) is 9.23 Å². The molecule has 1 fully saturated rings. The highest BCUT2D eigenvalue weighted by molar-refractivity contribution is 6.32. The van der Waals surface area contributed by atoms with Gasteiger partial charge in [-0.15, -0.1) is 0 Å². The van der Waals surface area contributed by atoms with E-state index in [2.05, 4.69) is 6.92 Å². The van der Waals surface area contributed by atoms with Gasteiger partial charge < -0.3 is 4.74 Å². The molecule has 1 aliphatic rings. The maximum Gasteiger partial charge on any atom is 0.141 e. The average Bonchev–Trinajstić information content (AvgIpc) is 2.38. The molecular formula is C15H20ClFO. The molecule has 1 aromatic carbocycles. The Morgan fingerprint density at radius 1 is 1.28 bits per heavy atom. The van der Waals surface area contributed by atoms with Crippen molar-refractivity contribution in [2.75, 3.05) is 6.61 Å². The lowest BCUT2D eigenvalue weighted by Gasteiger charge is -2.24. The molecular weight excluding hydrogens is 251 g/mol. The summed E-state index contributed by atoms with van der Waals surface area (Å²) in [4.78, 5) is 0. The zero-order chi connectivity index (χ0) is 13.0. The highest BCUT2D eigenvalue weighted by Crippen LogP contribution is 2.41. The van der Waals surface area contributed by atoms with E-state index in [9.17, 15) is 4.39 Å². The van der Waals surface area contributed by atoms with Gasteiger partial charge in [0.15, 0.2) is 0 Å². The van der Waals surface area contributed by atoms with Gasteiger partial charge in [0.05, 0.1) is 11.6 Å². The summed E-state index contributed by atoms with van der Waals surface area (Å²) in [6.07, 6.45) is 6.87. The van der Waals surface area contributed by atoms with Gasteiger partial charge in [-0.25, -0.2) is 4.39 Å². The second-order valence-corrected chi connectivity index (χ2v) is 5.40. The third-order valence-corrected chi connectivity index (χ3v) is 3.81. The normalized spacial score (nSPS) is 16.8. The van der Waals surface area contributed by atoms with E-state index in [4.69, 9.17) is 16.3 Å². The fourth-order valence-corrected chi connectivity index (χ4v) is 2.92. The van der Waals surface area contributed by atoms with Crippen LogP contribution in [0.2, 0.25) is 5.02 Å². The highest BCUT2D eigenvalue weighted by Gasteiger charge is 2.22. The molecule has 0 heterocycles. The van der Waals surface area contributed by atoms with Gasteiger partial charge in [0.2, 0.25) is 0 Å². The van der Waals surface area contributed by atoms with Gasteiger partial charge in [0.25, 0.3) is 0 Å². The molecule has 0 atom stereocenters. The smallest absolute Gasteiger partial charge is 0.141 e. The molecule has 0 unspecified atom stereocenters. The molecule has 0 spiro atoms. The molecule has 1 aliphatic carbocycles. The van der Waals surface area contributed by atoms with E-state index in [1.807, 2.05) is 0 Å². The minimum atomic E-state index is -0.260. The monoisotopic (exact) mass is 270 g/mol. The Morgan fingerprint density at radius 2 is 2.00 bits per heavy atom. The number of hydrogen-bond donors (Lipinski definition) is 0. The van der Waals surface area contributed by atoms with Crippen molar-refractivity contribution in [3.05, 3.63) is 28.5 Å². The molecule has 0 aliphatic heterocycles. The van der Waals surface area contributed by atoms with E-state index in [1.165, 1.54) is 25.3 Å². The summed E-state index contributed by atoms with van der Waals surface area (Å²) < 4.78 is 19.3. The van der Waals surface area contributed by atoms with E-state index in [1.54, 1.807) is 6.07 Å². The molecule has 0 bridgehead atoms. The Morgan fingerprint density at radius 3 is 2.67 bits per heavy atom. The summed E-state index contributed by atoms with van der Waals surface area (Å²) in [5.41, 5.74) is 0.966. The minimum Gasteiger partial charge on any atom is -0.492 e. The first kappa shape index (κ1) is 13.7. The van der Waals surface area contributed by atoms with Crippen molar-refractivity contribution < 1.29 is 9.13 Å². The fraction of sp³-hybridized carbons (Fsp3) is 0.600. The van der Waals surface area contributed by atoms with Gasteiger partial charge in [-0.3, -0.25) is 0 Å². The average molecular weight is 271 g/mol. The molecule has 0 radical (unpaired) electrons. The van der Waals surface area contributed by atoms with E-state index in [0.717, 1.165) is 24.8 Å². The van der Waals surface area contributed by atoms with Crippen molar-refractivity contribution in [1.82, 2.24) is 0 Å². The molecule has 2 rings (SSSR count). The lowest BCUT2D eigenvalue weighted by Crippen LogP contribution is -2.08. The first-order valence-corrected chi connectivity index (χ1v) is 7.22. The predicted molar refractivity (Wildman–Crippen MR) is 73.0 cm³/mol. The number of hydrogen-bond acceptors (Lipinski definition) is 1. The number of ether oxygens (including phenoxy) is 1. The highest BCUT2D eigenvalue weighted by atomic mass is 35.5. The van der Waals surface area contributed by atoms with Crippen molar-refractivity contribution in [3.8, 4) is 5.75 Å². The number of halogens is 2. The third kappa shape index (κ3) is 3.17. The lowest BCUT2D eigenvalue weighted by atomic mass is 9.83. The van der Waals surface area contributed by atoms with Crippen LogP contribution in [0.1, 0.15) is 56.9 Å². The SMILES string of the molecule is CCCOc1c(Cl)cc(F)cc1C1CCCCC1. The fourth-order valence-electron chi connectivity index (χ4n) is 2.65. The molecule has 1 nitrogen and oxygen atoms in total. The van der Waals surface area contributed by atoms with E-state index in [0.29, 0.717) is 23.3 Å². The van der Waals surface area contributed by atoms with Crippen LogP contribution in [-0.2, 0) is 0 Å². The van der Waals surface area contributed by atoms with Crippen LogP contribution in [0, 0.1) is 5.82 Å². The van der Waals surface area contributed by atoms with Crippen LogP contribution in [0.4, 0.5) is 4.39 Å². The Hall–Kier alpha value is -0.760. The predicted octanol–water partition coefficient (Wildman–Crippen LogP) is 5.32. The first-order chi connectivity index (χ1) is 8.72. The van der Waals surface area contributed by atoms with Gasteiger partial charge in [-0.05, 0) is 37.3 Å². The van der Waals surface area contributed by atoms with Crippen LogP contribution in [0.5, 0.6) is 5.75 Å². The standard InChI is InChI=1S/C15H20ClFO/c1-2-8-18-15-13(9-12(17)10-14(15)16)11-6-4-3-5-7-11/h9-11H,2-8H2,1H3. The molecule has 18 heavy (non-hydrogen) atoms. The number of rotatable bonds is 4. The van der Waals surface area contributed by atoms with Gasteiger partial charge in [-0.1, -0.05) is 37.8 Å². The first-order valence-electron chi connectivity index (χ1n) is 6.84. The molecule has 0 saturated heterocycles. The molecule has 0 N–H and O–H groups in total. The van der Waals surface area contributed by atoms with Crippen LogP contribution in [0.15, 0.2) is 12.1 Å².